The van der Waals surface area contributed by atoms with Gasteiger partial charge in [0.1, 0.15) is 17.2 Å². The molecule has 1 N–H and O–H groups in total. The van der Waals surface area contributed by atoms with E-state index in [2.05, 4.69) is 5.32 Å². The zero-order valence-electron chi connectivity index (χ0n) is 18.4. The lowest BCUT2D eigenvalue weighted by atomic mass is 10.1. The maximum Gasteiger partial charge on any atom is 0.338 e. The number of carbonyl (C=O) groups is 3. The molecule has 3 aromatic rings. The highest BCUT2D eigenvalue weighted by molar-refractivity contribution is 6.05. The van der Waals surface area contributed by atoms with Crippen molar-refractivity contribution in [2.45, 2.75) is 6.92 Å². The van der Waals surface area contributed by atoms with Gasteiger partial charge in [0.05, 0.1) is 32.0 Å². The number of esters is 2. The van der Waals surface area contributed by atoms with Crippen LogP contribution in [0.2, 0.25) is 0 Å². The number of carbonyl (C=O) groups excluding carboxylic acids is 3. The summed E-state index contributed by atoms with van der Waals surface area (Å²) in [6.07, 6.45) is 0. The molecule has 3 aromatic carbocycles. The average Bonchev–Trinajstić information content (AvgIpc) is 2.83. The van der Waals surface area contributed by atoms with E-state index in [1.165, 1.54) is 32.4 Å². The van der Waals surface area contributed by atoms with Crippen molar-refractivity contribution in [1.29, 1.82) is 0 Å². The van der Waals surface area contributed by atoms with E-state index >= 15 is 0 Å². The monoisotopic (exact) mass is 449 g/mol. The number of methoxy groups -OCH3 is 2. The van der Waals surface area contributed by atoms with Crippen molar-refractivity contribution in [1.82, 2.24) is 0 Å². The van der Waals surface area contributed by atoms with Crippen LogP contribution in [0.1, 0.15) is 38.0 Å². The summed E-state index contributed by atoms with van der Waals surface area (Å²) in [7, 11) is 2.44. The summed E-state index contributed by atoms with van der Waals surface area (Å²) in [6.45, 7) is 2.37. The number of amides is 1. The zero-order chi connectivity index (χ0) is 23.8. The number of rotatable bonds is 8. The van der Waals surface area contributed by atoms with Crippen molar-refractivity contribution in [2.24, 2.45) is 0 Å². The van der Waals surface area contributed by atoms with Gasteiger partial charge in [-0.2, -0.15) is 0 Å². The molecule has 0 unspecified atom stereocenters. The topological polar surface area (TPSA) is 100 Å². The fraction of sp³-hybridized carbons (Fsp3) is 0.160. The molecule has 0 radical (unpaired) electrons. The van der Waals surface area contributed by atoms with E-state index < -0.39 is 11.9 Å². The molecule has 3 rings (SSSR count). The molecule has 8 nitrogen and oxygen atoms in total. The van der Waals surface area contributed by atoms with Gasteiger partial charge in [0, 0.05) is 17.3 Å². The Bertz CT molecular complexity index is 1170. The number of hydrogen-bond acceptors (Lipinski definition) is 7. The molecule has 170 valence electrons. The van der Waals surface area contributed by atoms with Gasteiger partial charge in [-0.3, -0.25) is 4.79 Å². The minimum atomic E-state index is -0.698. The molecule has 0 aliphatic carbocycles. The predicted octanol–water partition coefficient (Wildman–Crippen LogP) is 4.70. The maximum absolute atomic E-state index is 12.6. The Kier molecular flexibility index (Phi) is 7.64. The van der Waals surface area contributed by atoms with Gasteiger partial charge >= 0.3 is 11.9 Å². The Balaban J connectivity index is 1.79. The predicted molar refractivity (Wildman–Crippen MR) is 121 cm³/mol. The summed E-state index contributed by atoms with van der Waals surface area (Å²) in [5, 5.41) is 2.81. The Morgan fingerprint density at radius 3 is 2.15 bits per heavy atom. The highest BCUT2D eigenvalue weighted by Crippen LogP contribution is 2.27. The smallest absolute Gasteiger partial charge is 0.338 e. The average molecular weight is 449 g/mol. The third-order valence-electron chi connectivity index (χ3n) is 4.54. The third-order valence-corrected chi connectivity index (χ3v) is 4.54. The summed E-state index contributed by atoms with van der Waals surface area (Å²) in [5.74, 6) is -0.340. The van der Waals surface area contributed by atoms with Gasteiger partial charge in [0.2, 0.25) is 0 Å². The van der Waals surface area contributed by atoms with E-state index in [1.807, 2.05) is 6.92 Å². The highest BCUT2D eigenvalue weighted by atomic mass is 16.5. The van der Waals surface area contributed by atoms with Crippen LogP contribution in [0.15, 0.2) is 66.7 Å². The lowest BCUT2D eigenvalue weighted by molar-refractivity contribution is 0.0555. The van der Waals surface area contributed by atoms with Crippen LogP contribution in [0.25, 0.3) is 0 Å². The summed E-state index contributed by atoms with van der Waals surface area (Å²) < 4.78 is 20.7. The second kappa shape index (κ2) is 10.8. The van der Waals surface area contributed by atoms with E-state index in [0.717, 1.165) is 0 Å². The molecule has 0 atom stereocenters. The number of ether oxygens (including phenoxy) is 4. The third kappa shape index (κ3) is 5.88. The van der Waals surface area contributed by atoms with Crippen LogP contribution in [-0.2, 0) is 9.47 Å². The first-order chi connectivity index (χ1) is 15.9. The van der Waals surface area contributed by atoms with Gasteiger partial charge in [0.15, 0.2) is 0 Å². The van der Waals surface area contributed by atoms with Gasteiger partial charge < -0.3 is 24.3 Å². The molecular formula is C25H23NO7. The molecule has 0 fully saturated rings. The van der Waals surface area contributed by atoms with Crippen LogP contribution in [0.3, 0.4) is 0 Å². The second-order valence-electron chi connectivity index (χ2n) is 6.74. The zero-order valence-corrected chi connectivity index (χ0v) is 18.4. The first-order valence-electron chi connectivity index (χ1n) is 10.1. The molecule has 0 spiro atoms. The van der Waals surface area contributed by atoms with Crippen molar-refractivity contribution in [2.75, 3.05) is 26.1 Å². The largest absolute Gasteiger partial charge is 0.494 e. The molecule has 1 amide bonds. The van der Waals surface area contributed by atoms with Crippen LogP contribution in [-0.4, -0.2) is 38.7 Å². The number of anilines is 1. The number of benzene rings is 3. The van der Waals surface area contributed by atoms with E-state index in [9.17, 15) is 14.4 Å². The second-order valence-corrected chi connectivity index (χ2v) is 6.74. The van der Waals surface area contributed by atoms with Crippen molar-refractivity contribution < 1.29 is 33.3 Å². The van der Waals surface area contributed by atoms with Crippen LogP contribution in [0.4, 0.5) is 5.69 Å². The summed E-state index contributed by atoms with van der Waals surface area (Å²) in [4.78, 5) is 36.6. The number of hydrogen-bond donors (Lipinski definition) is 1. The minimum absolute atomic E-state index is 0.0143. The molecule has 0 saturated carbocycles. The van der Waals surface area contributed by atoms with Crippen LogP contribution >= 0.6 is 0 Å². The molecule has 0 heterocycles. The standard InChI is InChI=1S/C25H23NO7/c1-4-32-18-9-5-7-16(13-18)23(27)26-17-8-6-10-19(14-17)33-20-11-12-21(24(28)30-2)22(15-20)25(29)31-3/h5-15H,4H2,1-3H3,(H,26,27). The fourth-order valence-electron chi connectivity index (χ4n) is 3.02. The molecule has 0 aliphatic rings. The molecule has 8 heteroatoms. The van der Waals surface area contributed by atoms with E-state index in [0.29, 0.717) is 35.1 Å². The van der Waals surface area contributed by atoms with Gasteiger partial charge in [0.25, 0.3) is 5.91 Å². The van der Waals surface area contributed by atoms with Gasteiger partial charge in [-0.25, -0.2) is 9.59 Å². The lowest BCUT2D eigenvalue weighted by Crippen LogP contribution is -2.12. The Labute approximate surface area is 191 Å². The van der Waals surface area contributed by atoms with Crippen LogP contribution in [0, 0.1) is 0 Å². The molecule has 0 aliphatic heterocycles. The number of nitrogens with one attached hydrogen (secondary N) is 1. The molecule has 33 heavy (non-hydrogen) atoms. The first kappa shape index (κ1) is 23.3. The normalized spacial score (nSPS) is 10.2. The molecular weight excluding hydrogens is 426 g/mol. The fourth-order valence-corrected chi connectivity index (χ4v) is 3.02. The van der Waals surface area contributed by atoms with Gasteiger partial charge in [-0.05, 0) is 55.5 Å². The lowest BCUT2D eigenvalue weighted by Gasteiger charge is -2.12. The van der Waals surface area contributed by atoms with E-state index in [4.69, 9.17) is 18.9 Å². The van der Waals surface area contributed by atoms with Gasteiger partial charge in [-0.1, -0.05) is 12.1 Å². The highest BCUT2D eigenvalue weighted by Gasteiger charge is 2.19. The molecule has 0 aromatic heterocycles. The summed E-state index contributed by atoms with van der Waals surface area (Å²) in [5.41, 5.74) is 1.04. The van der Waals surface area contributed by atoms with Crippen LogP contribution < -0.4 is 14.8 Å². The Hall–Kier alpha value is -4.33. The van der Waals surface area contributed by atoms with Crippen molar-refractivity contribution in [3.05, 3.63) is 83.4 Å². The summed E-state index contributed by atoms with van der Waals surface area (Å²) >= 11 is 0. The SMILES string of the molecule is CCOc1cccc(C(=O)Nc2cccc(Oc3ccc(C(=O)OC)c(C(=O)OC)c3)c2)c1. The Morgan fingerprint density at radius 2 is 1.42 bits per heavy atom. The van der Waals surface area contributed by atoms with Crippen molar-refractivity contribution in [3.63, 3.8) is 0 Å². The first-order valence-corrected chi connectivity index (χ1v) is 10.1. The maximum atomic E-state index is 12.6. The molecule has 0 saturated heterocycles. The van der Waals surface area contributed by atoms with E-state index in [1.54, 1.807) is 48.5 Å². The molecule has 0 bridgehead atoms. The quantitative estimate of drug-likeness (QED) is 0.498. The van der Waals surface area contributed by atoms with E-state index in [-0.39, 0.29) is 17.0 Å². The van der Waals surface area contributed by atoms with Gasteiger partial charge in [-0.15, -0.1) is 0 Å². The minimum Gasteiger partial charge on any atom is -0.494 e. The summed E-state index contributed by atoms with van der Waals surface area (Å²) in [6, 6.07) is 18.0. The van der Waals surface area contributed by atoms with Crippen molar-refractivity contribution in [3.8, 4) is 17.2 Å². The Morgan fingerprint density at radius 1 is 0.758 bits per heavy atom. The van der Waals surface area contributed by atoms with Crippen molar-refractivity contribution >= 4 is 23.5 Å². The van der Waals surface area contributed by atoms with Crippen LogP contribution in [0.5, 0.6) is 17.2 Å².